The van der Waals surface area contributed by atoms with Gasteiger partial charge in [-0.2, -0.15) is 5.26 Å². The molecule has 1 N–H and O–H groups in total. The number of likely N-dealkylation sites (N-methyl/N-ethyl adjacent to an activating group) is 1. The number of benzene rings is 1. The Morgan fingerprint density at radius 1 is 1.30 bits per heavy atom. The molecule has 0 heterocycles. The maximum atomic E-state index is 9.52. The summed E-state index contributed by atoms with van der Waals surface area (Å²) in [5.41, 5.74) is -0.559. The van der Waals surface area contributed by atoms with Crippen molar-refractivity contribution in [3.63, 3.8) is 0 Å². The van der Waals surface area contributed by atoms with Gasteiger partial charge in [-0.3, -0.25) is 5.32 Å². The van der Waals surface area contributed by atoms with Crippen LogP contribution < -0.4 is 14.8 Å². The van der Waals surface area contributed by atoms with Crippen LogP contribution in [-0.4, -0.2) is 25.3 Å². The van der Waals surface area contributed by atoms with Gasteiger partial charge in [-0.15, -0.1) is 0 Å². The fraction of sp³-hybridized carbons (Fsp3) is 0.562. The number of nitriles is 1. The first-order valence-corrected chi connectivity index (χ1v) is 7.26. The minimum atomic E-state index is -0.559. The minimum Gasteiger partial charge on any atom is -0.494 e. The van der Waals surface area contributed by atoms with E-state index < -0.39 is 5.54 Å². The molecule has 1 atom stereocenters. The molecule has 4 nitrogen and oxygen atoms in total. The first-order chi connectivity index (χ1) is 9.74. The molecule has 108 valence electrons. The van der Waals surface area contributed by atoms with E-state index in [4.69, 9.17) is 9.47 Å². The van der Waals surface area contributed by atoms with Crippen LogP contribution in [-0.2, 0) is 0 Å². The number of hydrogen-bond acceptors (Lipinski definition) is 4. The molecule has 20 heavy (non-hydrogen) atoms. The molecular formula is C16H22N2O2. The van der Waals surface area contributed by atoms with Gasteiger partial charge in [-0.25, -0.2) is 0 Å². The lowest BCUT2D eigenvalue weighted by atomic mass is 9.96. The van der Waals surface area contributed by atoms with Crippen molar-refractivity contribution >= 4 is 0 Å². The summed E-state index contributed by atoms with van der Waals surface area (Å²) in [6.07, 6.45) is 2.20. The molecule has 0 radical (unpaired) electrons. The summed E-state index contributed by atoms with van der Waals surface area (Å²) in [6.45, 7) is 5.74. The molecule has 0 bridgehead atoms. The molecule has 0 spiro atoms. The number of ether oxygens (including phenoxy) is 2. The first-order valence-electron chi connectivity index (χ1n) is 7.26. The van der Waals surface area contributed by atoms with Gasteiger partial charge < -0.3 is 9.47 Å². The van der Waals surface area contributed by atoms with Gasteiger partial charge in [-0.05, 0) is 44.4 Å². The van der Waals surface area contributed by atoms with Crippen molar-refractivity contribution in [3.05, 3.63) is 24.3 Å². The fourth-order valence-electron chi connectivity index (χ4n) is 2.39. The van der Waals surface area contributed by atoms with Crippen LogP contribution in [0.2, 0.25) is 0 Å². The second kappa shape index (κ2) is 6.62. The second-order valence-electron chi connectivity index (χ2n) is 5.08. The van der Waals surface area contributed by atoms with Crippen molar-refractivity contribution in [2.75, 3.05) is 19.8 Å². The smallest absolute Gasteiger partial charge is 0.143 e. The standard InChI is InChI=1S/C16H22N2O2/c1-3-18-16(11-17,13-8-9-13)12-20-15-7-5-6-14(10-15)19-4-2/h5-7,10,13,18H,3-4,8-9,12H2,1-2H3. The number of hydrogen-bond donors (Lipinski definition) is 1. The van der Waals surface area contributed by atoms with Crippen LogP contribution in [0.3, 0.4) is 0 Å². The van der Waals surface area contributed by atoms with Crippen LogP contribution in [0, 0.1) is 17.2 Å². The van der Waals surface area contributed by atoms with Crippen LogP contribution >= 0.6 is 0 Å². The molecule has 4 heteroatoms. The molecule has 1 aromatic rings. The summed E-state index contributed by atoms with van der Waals surface area (Å²) in [7, 11) is 0. The van der Waals surface area contributed by atoms with Gasteiger partial charge in [-0.1, -0.05) is 13.0 Å². The summed E-state index contributed by atoms with van der Waals surface area (Å²) >= 11 is 0. The maximum absolute atomic E-state index is 9.52. The number of nitrogens with one attached hydrogen (secondary N) is 1. The van der Waals surface area contributed by atoms with E-state index in [0.29, 0.717) is 19.1 Å². The highest BCUT2D eigenvalue weighted by molar-refractivity contribution is 5.33. The van der Waals surface area contributed by atoms with E-state index >= 15 is 0 Å². The lowest BCUT2D eigenvalue weighted by Gasteiger charge is -2.27. The quantitative estimate of drug-likeness (QED) is 0.792. The second-order valence-corrected chi connectivity index (χ2v) is 5.08. The summed E-state index contributed by atoms with van der Waals surface area (Å²) < 4.78 is 11.3. The van der Waals surface area contributed by atoms with E-state index in [1.807, 2.05) is 38.1 Å². The van der Waals surface area contributed by atoms with Crippen LogP contribution in [0.15, 0.2) is 24.3 Å². The van der Waals surface area contributed by atoms with E-state index in [9.17, 15) is 5.26 Å². The highest BCUT2D eigenvalue weighted by Crippen LogP contribution is 2.39. The van der Waals surface area contributed by atoms with E-state index in [2.05, 4.69) is 11.4 Å². The molecule has 0 aliphatic heterocycles. The van der Waals surface area contributed by atoms with E-state index in [-0.39, 0.29) is 0 Å². The van der Waals surface area contributed by atoms with Gasteiger partial charge in [0.1, 0.15) is 23.6 Å². The Kier molecular flexibility index (Phi) is 4.86. The molecule has 1 aliphatic carbocycles. The largest absolute Gasteiger partial charge is 0.494 e. The summed E-state index contributed by atoms with van der Waals surface area (Å²) in [6, 6.07) is 9.98. The summed E-state index contributed by atoms with van der Waals surface area (Å²) in [5.74, 6) is 1.94. The van der Waals surface area contributed by atoms with E-state index in [1.54, 1.807) is 0 Å². The van der Waals surface area contributed by atoms with E-state index in [0.717, 1.165) is 30.9 Å². The first kappa shape index (κ1) is 14.7. The normalized spacial score (nSPS) is 17.1. The third kappa shape index (κ3) is 3.43. The van der Waals surface area contributed by atoms with Gasteiger partial charge >= 0.3 is 0 Å². The van der Waals surface area contributed by atoms with Crippen LogP contribution in [0.5, 0.6) is 11.5 Å². The molecular weight excluding hydrogens is 252 g/mol. The Morgan fingerprint density at radius 3 is 2.55 bits per heavy atom. The zero-order chi connectivity index (χ0) is 14.4. The molecule has 0 aromatic heterocycles. The fourth-order valence-corrected chi connectivity index (χ4v) is 2.39. The molecule has 0 amide bonds. The number of nitrogens with zero attached hydrogens (tertiary/aromatic N) is 1. The van der Waals surface area contributed by atoms with Crippen LogP contribution in [0.1, 0.15) is 26.7 Å². The van der Waals surface area contributed by atoms with Crippen molar-refractivity contribution in [1.29, 1.82) is 5.26 Å². The van der Waals surface area contributed by atoms with Crippen molar-refractivity contribution in [2.24, 2.45) is 5.92 Å². The Morgan fingerprint density at radius 2 is 2.00 bits per heavy atom. The third-order valence-corrected chi connectivity index (χ3v) is 3.55. The molecule has 1 unspecified atom stereocenters. The van der Waals surface area contributed by atoms with Crippen molar-refractivity contribution in [2.45, 2.75) is 32.2 Å². The predicted octanol–water partition coefficient (Wildman–Crippen LogP) is 2.75. The lowest BCUT2D eigenvalue weighted by Crippen LogP contribution is -2.50. The minimum absolute atomic E-state index is 0.373. The highest BCUT2D eigenvalue weighted by atomic mass is 16.5. The van der Waals surface area contributed by atoms with E-state index in [1.165, 1.54) is 0 Å². The van der Waals surface area contributed by atoms with Gasteiger partial charge in [0, 0.05) is 6.07 Å². The molecule has 2 rings (SSSR count). The van der Waals surface area contributed by atoms with Gasteiger partial charge in [0.2, 0.25) is 0 Å². The topological polar surface area (TPSA) is 54.3 Å². The van der Waals surface area contributed by atoms with Gasteiger partial charge in [0.25, 0.3) is 0 Å². The molecule has 1 aliphatic rings. The average molecular weight is 274 g/mol. The Labute approximate surface area is 120 Å². The Balaban J connectivity index is 2.02. The maximum Gasteiger partial charge on any atom is 0.143 e. The van der Waals surface area contributed by atoms with Crippen molar-refractivity contribution in [3.8, 4) is 17.6 Å². The van der Waals surface area contributed by atoms with Crippen molar-refractivity contribution in [1.82, 2.24) is 5.32 Å². The monoisotopic (exact) mass is 274 g/mol. The predicted molar refractivity (Wildman–Crippen MR) is 77.9 cm³/mol. The molecule has 0 saturated heterocycles. The zero-order valence-electron chi connectivity index (χ0n) is 12.2. The molecule has 1 saturated carbocycles. The summed E-state index contributed by atoms with van der Waals surface area (Å²) in [5, 5.41) is 12.8. The summed E-state index contributed by atoms with van der Waals surface area (Å²) in [4.78, 5) is 0. The number of rotatable bonds is 8. The SMILES string of the molecule is CCNC(C#N)(COc1cccc(OCC)c1)C1CC1. The van der Waals surface area contributed by atoms with Gasteiger partial charge in [0.05, 0.1) is 12.7 Å². The van der Waals surface area contributed by atoms with Crippen LogP contribution in [0.25, 0.3) is 0 Å². The highest BCUT2D eigenvalue weighted by Gasteiger charge is 2.46. The van der Waals surface area contributed by atoms with Gasteiger partial charge in [0.15, 0.2) is 0 Å². The molecule has 1 fully saturated rings. The third-order valence-electron chi connectivity index (χ3n) is 3.55. The van der Waals surface area contributed by atoms with Crippen LogP contribution in [0.4, 0.5) is 0 Å². The zero-order valence-corrected chi connectivity index (χ0v) is 12.2. The molecule has 1 aromatic carbocycles. The Bertz CT molecular complexity index is 480. The Hall–Kier alpha value is -1.73. The van der Waals surface area contributed by atoms with Crippen molar-refractivity contribution < 1.29 is 9.47 Å². The average Bonchev–Trinajstić information content (AvgIpc) is 3.29. The lowest BCUT2D eigenvalue weighted by molar-refractivity contribution is 0.203.